The number of nitrogens with one attached hydrogen (secondary N) is 1. The molecule has 14 heavy (non-hydrogen) atoms. The summed E-state index contributed by atoms with van der Waals surface area (Å²) >= 11 is 0. The van der Waals surface area contributed by atoms with E-state index in [1.54, 1.807) is 19.1 Å². The number of hydrogen-bond donors (Lipinski definition) is 2. The van der Waals surface area contributed by atoms with Crippen LogP contribution in [0.3, 0.4) is 0 Å². The predicted molar refractivity (Wildman–Crippen MR) is 52.0 cm³/mol. The topological polar surface area (TPSA) is 55.1 Å². The Balaban J connectivity index is 2.60. The smallest absolute Gasteiger partial charge is 0.234 e. The van der Waals surface area contributed by atoms with E-state index in [0.29, 0.717) is 12.1 Å². The lowest BCUT2D eigenvalue weighted by molar-refractivity contribution is -0.119. The van der Waals surface area contributed by atoms with Gasteiger partial charge < -0.3 is 11.1 Å². The second-order valence-electron chi connectivity index (χ2n) is 3.06. The summed E-state index contributed by atoms with van der Waals surface area (Å²) in [5, 5.41) is 2.56. The monoisotopic (exact) mass is 196 g/mol. The van der Waals surface area contributed by atoms with Crippen LogP contribution in [0.25, 0.3) is 0 Å². The summed E-state index contributed by atoms with van der Waals surface area (Å²) in [5.74, 6) is -0.504. The van der Waals surface area contributed by atoms with E-state index in [4.69, 9.17) is 5.73 Å². The van der Waals surface area contributed by atoms with E-state index in [1.165, 1.54) is 6.07 Å². The van der Waals surface area contributed by atoms with Crippen molar-refractivity contribution in [2.24, 2.45) is 5.73 Å². The number of benzene rings is 1. The standard InChI is InChI=1S/C10H13FN2O/c1-7-2-3-8(4-9(7)11)6-13-10(14)5-12/h2-4H,5-6,12H2,1H3,(H,13,14). The van der Waals surface area contributed by atoms with Crippen LogP contribution in [0.15, 0.2) is 18.2 Å². The van der Waals surface area contributed by atoms with Crippen LogP contribution in [0.5, 0.6) is 0 Å². The van der Waals surface area contributed by atoms with Gasteiger partial charge in [-0.2, -0.15) is 0 Å². The first-order chi connectivity index (χ1) is 6.63. The second-order valence-corrected chi connectivity index (χ2v) is 3.06. The van der Waals surface area contributed by atoms with Gasteiger partial charge in [-0.05, 0) is 24.1 Å². The number of amides is 1. The van der Waals surface area contributed by atoms with Crippen LogP contribution in [0.2, 0.25) is 0 Å². The summed E-state index contributed by atoms with van der Waals surface area (Å²) in [6.07, 6.45) is 0. The molecule has 0 radical (unpaired) electrons. The van der Waals surface area contributed by atoms with E-state index >= 15 is 0 Å². The molecule has 0 fully saturated rings. The molecule has 1 aromatic carbocycles. The lowest BCUT2D eigenvalue weighted by Gasteiger charge is -2.04. The highest BCUT2D eigenvalue weighted by Crippen LogP contribution is 2.08. The molecule has 0 aliphatic heterocycles. The van der Waals surface area contributed by atoms with Crippen molar-refractivity contribution in [2.45, 2.75) is 13.5 Å². The maximum Gasteiger partial charge on any atom is 0.234 e. The molecule has 0 atom stereocenters. The molecule has 3 nitrogen and oxygen atoms in total. The molecule has 0 saturated carbocycles. The van der Waals surface area contributed by atoms with Gasteiger partial charge >= 0.3 is 0 Å². The number of aryl methyl sites for hydroxylation is 1. The van der Waals surface area contributed by atoms with E-state index in [0.717, 1.165) is 5.56 Å². The van der Waals surface area contributed by atoms with Gasteiger partial charge in [-0.25, -0.2) is 4.39 Å². The third-order valence-corrected chi connectivity index (χ3v) is 1.91. The maximum atomic E-state index is 13.0. The van der Waals surface area contributed by atoms with Crippen molar-refractivity contribution < 1.29 is 9.18 Å². The van der Waals surface area contributed by atoms with Crippen LogP contribution in [0.1, 0.15) is 11.1 Å². The summed E-state index contributed by atoms with van der Waals surface area (Å²) in [6.45, 7) is 1.96. The Labute approximate surface area is 82.1 Å². The van der Waals surface area contributed by atoms with Gasteiger partial charge in [0.25, 0.3) is 0 Å². The highest BCUT2D eigenvalue weighted by atomic mass is 19.1. The Morgan fingerprint density at radius 1 is 1.57 bits per heavy atom. The van der Waals surface area contributed by atoms with Gasteiger partial charge in [0.05, 0.1) is 6.54 Å². The van der Waals surface area contributed by atoms with Crippen LogP contribution in [-0.2, 0) is 11.3 Å². The van der Waals surface area contributed by atoms with E-state index < -0.39 is 0 Å². The number of carbonyl (C=O) groups excluding carboxylic acids is 1. The molecule has 0 aliphatic rings. The van der Waals surface area contributed by atoms with E-state index in [1.807, 2.05) is 0 Å². The van der Waals surface area contributed by atoms with Crippen molar-refractivity contribution in [2.75, 3.05) is 6.54 Å². The third-order valence-electron chi connectivity index (χ3n) is 1.91. The number of halogens is 1. The maximum absolute atomic E-state index is 13.0. The van der Waals surface area contributed by atoms with E-state index in [9.17, 15) is 9.18 Å². The average Bonchev–Trinajstić information content (AvgIpc) is 2.19. The molecule has 1 amide bonds. The Hall–Kier alpha value is -1.42. The summed E-state index contributed by atoms with van der Waals surface area (Å²) in [7, 11) is 0. The molecule has 0 aliphatic carbocycles. The number of rotatable bonds is 3. The van der Waals surface area contributed by atoms with Crippen molar-refractivity contribution >= 4 is 5.91 Å². The fourth-order valence-corrected chi connectivity index (χ4v) is 1.02. The van der Waals surface area contributed by atoms with Crippen molar-refractivity contribution in [3.05, 3.63) is 35.1 Å². The molecular weight excluding hydrogens is 183 g/mol. The van der Waals surface area contributed by atoms with Crippen LogP contribution < -0.4 is 11.1 Å². The highest BCUT2D eigenvalue weighted by Gasteiger charge is 2.01. The van der Waals surface area contributed by atoms with E-state index in [2.05, 4.69) is 5.32 Å². The first kappa shape index (κ1) is 10.7. The lowest BCUT2D eigenvalue weighted by atomic mass is 10.1. The van der Waals surface area contributed by atoms with Crippen molar-refractivity contribution in [3.63, 3.8) is 0 Å². The molecule has 3 N–H and O–H groups in total. The first-order valence-corrected chi connectivity index (χ1v) is 4.35. The molecule has 0 saturated heterocycles. The Bertz CT molecular complexity index is 339. The van der Waals surface area contributed by atoms with Gasteiger partial charge in [0.1, 0.15) is 5.82 Å². The summed E-state index contributed by atoms with van der Waals surface area (Å²) < 4.78 is 13.0. The summed E-state index contributed by atoms with van der Waals surface area (Å²) in [5.41, 5.74) is 6.43. The molecule has 0 spiro atoms. The third kappa shape index (κ3) is 2.81. The molecule has 0 aromatic heterocycles. The molecule has 0 bridgehead atoms. The van der Waals surface area contributed by atoms with Gasteiger partial charge in [0.15, 0.2) is 0 Å². The minimum atomic E-state index is -0.260. The zero-order valence-electron chi connectivity index (χ0n) is 8.01. The average molecular weight is 196 g/mol. The predicted octanol–water partition coefficient (Wildman–Crippen LogP) is 0.709. The van der Waals surface area contributed by atoms with Crippen molar-refractivity contribution in [1.82, 2.24) is 5.32 Å². The number of hydrogen-bond acceptors (Lipinski definition) is 2. The molecule has 1 aromatic rings. The fraction of sp³-hybridized carbons (Fsp3) is 0.300. The first-order valence-electron chi connectivity index (χ1n) is 4.35. The van der Waals surface area contributed by atoms with E-state index in [-0.39, 0.29) is 18.3 Å². The van der Waals surface area contributed by atoms with Crippen molar-refractivity contribution in [3.8, 4) is 0 Å². The fourth-order valence-electron chi connectivity index (χ4n) is 1.02. The second kappa shape index (κ2) is 4.72. The highest BCUT2D eigenvalue weighted by molar-refractivity contribution is 5.77. The summed E-state index contributed by atoms with van der Waals surface area (Å²) in [4.78, 5) is 10.8. The zero-order valence-corrected chi connectivity index (χ0v) is 8.01. The largest absolute Gasteiger partial charge is 0.351 e. The van der Waals surface area contributed by atoms with Gasteiger partial charge in [-0.15, -0.1) is 0 Å². The number of carbonyl (C=O) groups is 1. The molecule has 1 rings (SSSR count). The molecule has 0 heterocycles. The normalized spacial score (nSPS) is 9.93. The van der Waals surface area contributed by atoms with Gasteiger partial charge in [0, 0.05) is 6.54 Å². The lowest BCUT2D eigenvalue weighted by Crippen LogP contribution is -2.29. The number of nitrogens with two attached hydrogens (primary N) is 1. The Morgan fingerprint density at radius 3 is 2.86 bits per heavy atom. The molecular formula is C10H13FN2O. The van der Waals surface area contributed by atoms with Crippen LogP contribution >= 0.6 is 0 Å². The molecule has 76 valence electrons. The van der Waals surface area contributed by atoms with Crippen LogP contribution in [0.4, 0.5) is 4.39 Å². The summed E-state index contributed by atoms with van der Waals surface area (Å²) in [6, 6.07) is 4.86. The SMILES string of the molecule is Cc1ccc(CNC(=O)CN)cc1F. The van der Waals surface area contributed by atoms with Crippen LogP contribution in [0, 0.1) is 12.7 Å². The van der Waals surface area contributed by atoms with Gasteiger partial charge in [0.2, 0.25) is 5.91 Å². The van der Waals surface area contributed by atoms with Crippen LogP contribution in [-0.4, -0.2) is 12.5 Å². The molecule has 4 heteroatoms. The minimum absolute atomic E-state index is 0.0473. The Kier molecular flexibility index (Phi) is 3.59. The van der Waals surface area contributed by atoms with Crippen molar-refractivity contribution in [1.29, 1.82) is 0 Å². The van der Waals surface area contributed by atoms with Gasteiger partial charge in [-0.1, -0.05) is 12.1 Å². The zero-order chi connectivity index (χ0) is 10.6. The van der Waals surface area contributed by atoms with Gasteiger partial charge in [-0.3, -0.25) is 4.79 Å². The minimum Gasteiger partial charge on any atom is -0.351 e. The quantitative estimate of drug-likeness (QED) is 0.748. The molecule has 0 unspecified atom stereocenters. The Morgan fingerprint density at radius 2 is 2.29 bits per heavy atom.